The van der Waals surface area contributed by atoms with Crippen LogP contribution in [0.5, 0.6) is 0 Å². The van der Waals surface area contributed by atoms with Gasteiger partial charge < -0.3 is 5.32 Å². The summed E-state index contributed by atoms with van der Waals surface area (Å²) in [6, 6.07) is 9.17. The molecule has 0 saturated heterocycles. The number of nitrogens with one attached hydrogen (secondary N) is 1. The van der Waals surface area contributed by atoms with E-state index in [-0.39, 0.29) is 5.91 Å². The van der Waals surface area contributed by atoms with Crippen molar-refractivity contribution in [2.24, 2.45) is 7.05 Å². The molecule has 0 aliphatic heterocycles. The average molecular weight is 266 g/mol. The molecule has 2 aromatic heterocycles. The summed E-state index contributed by atoms with van der Waals surface area (Å²) >= 11 is 0. The molecule has 1 amide bonds. The third-order valence-electron chi connectivity index (χ3n) is 3.04. The number of anilines is 1. The lowest BCUT2D eigenvalue weighted by Gasteiger charge is -2.04. The second-order valence-electron chi connectivity index (χ2n) is 4.75. The number of nitrogens with zero attached hydrogens (tertiary/aromatic N) is 3. The van der Waals surface area contributed by atoms with E-state index in [1.54, 1.807) is 23.0 Å². The Morgan fingerprint density at radius 3 is 2.90 bits per heavy atom. The van der Waals surface area contributed by atoms with Crippen molar-refractivity contribution < 1.29 is 4.79 Å². The fraction of sp³-hybridized carbons (Fsp3) is 0.133. The molecular formula is C15H14N4O. The minimum Gasteiger partial charge on any atom is -0.307 e. The van der Waals surface area contributed by atoms with Crippen molar-refractivity contribution in [1.82, 2.24) is 14.8 Å². The number of fused-ring (bicyclic) bond motifs is 1. The van der Waals surface area contributed by atoms with Crippen molar-refractivity contribution >= 4 is 22.6 Å². The fourth-order valence-corrected chi connectivity index (χ4v) is 2.07. The topological polar surface area (TPSA) is 59.8 Å². The Morgan fingerprint density at radius 2 is 2.10 bits per heavy atom. The van der Waals surface area contributed by atoms with Gasteiger partial charge in [-0.2, -0.15) is 5.10 Å². The molecule has 5 nitrogen and oxygen atoms in total. The van der Waals surface area contributed by atoms with Gasteiger partial charge in [-0.1, -0.05) is 6.07 Å². The average Bonchev–Trinajstić information content (AvgIpc) is 2.77. The summed E-state index contributed by atoms with van der Waals surface area (Å²) in [5.41, 5.74) is 2.42. The van der Waals surface area contributed by atoms with Crippen molar-refractivity contribution in [3.05, 3.63) is 53.9 Å². The van der Waals surface area contributed by atoms with Crippen LogP contribution in [0.3, 0.4) is 0 Å². The molecule has 2 heterocycles. The molecule has 0 radical (unpaired) electrons. The summed E-state index contributed by atoms with van der Waals surface area (Å²) in [5, 5.41) is 8.10. The van der Waals surface area contributed by atoms with E-state index < -0.39 is 0 Å². The van der Waals surface area contributed by atoms with E-state index in [0.717, 1.165) is 16.5 Å². The Hall–Kier alpha value is -2.69. The maximum atomic E-state index is 12.2. The van der Waals surface area contributed by atoms with Gasteiger partial charge in [0.05, 0.1) is 5.52 Å². The minimum atomic E-state index is -0.185. The van der Waals surface area contributed by atoms with Crippen LogP contribution in [0.2, 0.25) is 0 Å². The van der Waals surface area contributed by atoms with Gasteiger partial charge in [0, 0.05) is 30.4 Å². The number of rotatable bonds is 2. The van der Waals surface area contributed by atoms with E-state index in [1.807, 2.05) is 38.4 Å². The van der Waals surface area contributed by atoms with Gasteiger partial charge in [0.1, 0.15) is 5.82 Å². The van der Waals surface area contributed by atoms with Crippen LogP contribution < -0.4 is 5.32 Å². The second kappa shape index (κ2) is 4.77. The van der Waals surface area contributed by atoms with Crippen LogP contribution in [0.4, 0.5) is 5.82 Å². The molecule has 0 spiro atoms. The van der Waals surface area contributed by atoms with E-state index in [2.05, 4.69) is 15.4 Å². The fourth-order valence-electron chi connectivity index (χ4n) is 2.07. The van der Waals surface area contributed by atoms with Crippen molar-refractivity contribution in [1.29, 1.82) is 0 Å². The van der Waals surface area contributed by atoms with Crippen molar-refractivity contribution in [3.63, 3.8) is 0 Å². The van der Waals surface area contributed by atoms with E-state index in [4.69, 9.17) is 0 Å². The van der Waals surface area contributed by atoms with E-state index >= 15 is 0 Å². The number of aromatic nitrogens is 3. The first-order valence-electron chi connectivity index (χ1n) is 6.29. The number of benzene rings is 1. The Labute approximate surface area is 116 Å². The Balaban J connectivity index is 1.88. The molecule has 1 aromatic carbocycles. The van der Waals surface area contributed by atoms with E-state index in [0.29, 0.717) is 11.4 Å². The predicted molar refractivity (Wildman–Crippen MR) is 77.6 cm³/mol. The quantitative estimate of drug-likeness (QED) is 0.775. The smallest absolute Gasteiger partial charge is 0.256 e. The lowest BCUT2D eigenvalue weighted by molar-refractivity contribution is 0.102. The molecule has 0 unspecified atom stereocenters. The first kappa shape index (κ1) is 12.3. The van der Waals surface area contributed by atoms with Gasteiger partial charge in [-0.25, -0.2) is 4.98 Å². The molecular weight excluding hydrogens is 252 g/mol. The number of pyridine rings is 1. The largest absolute Gasteiger partial charge is 0.307 e. The molecule has 0 aliphatic carbocycles. The second-order valence-corrected chi connectivity index (χ2v) is 4.75. The van der Waals surface area contributed by atoms with Gasteiger partial charge in [-0.3, -0.25) is 9.48 Å². The Morgan fingerprint density at radius 1 is 1.25 bits per heavy atom. The molecule has 0 saturated carbocycles. The minimum absolute atomic E-state index is 0.185. The number of hydrogen-bond acceptors (Lipinski definition) is 3. The summed E-state index contributed by atoms with van der Waals surface area (Å²) < 4.78 is 1.73. The van der Waals surface area contributed by atoms with Gasteiger partial charge in [0.25, 0.3) is 5.91 Å². The summed E-state index contributed by atoms with van der Waals surface area (Å²) in [5.74, 6) is 0.367. The monoisotopic (exact) mass is 266 g/mol. The SMILES string of the molecule is Cc1ccnc(NC(=O)c2ccc3cn(C)nc3c2)c1. The van der Waals surface area contributed by atoms with Crippen LogP contribution in [-0.4, -0.2) is 20.7 Å². The van der Waals surface area contributed by atoms with Crippen LogP contribution in [0.15, 0.2) is 42.7 Å². The number of carbonyl (C=O) groups excluding carboxylic acids is 1. The molecule has 0 fully saturated rings. The normalized spacial score (nSPS) is 10.7. The summed E-state index contributed by atoms with van der Waals surface area (Å²) in [4.78, 5) is 16.3. The number of amides is 1. The van der Waals surface area contributed by atoms with E-state index in [1.165, 1.54) is 0 Å². The number of aryl methyl sites for hydroxylation is 2. The highest BCUT2D eigenvalue weighted by molar-refractivity contribution is 6.05. The predicted octanol–water partition coefficient (Wildman–Crippen LogP) is 2.53. The third-order valence-corrected chi connectivity index (χ3v) is 3.04. The Kier molecular flexibility index (Phi) is 2.95. The van der Waals surface area contributed by atoms with E-state index in [9.17, 15) is 4.79 Å². The van der Waals surface area contributed by atoms with Crippen molar-refractivity contribution in [2.45, 2.75) is 6.92 Å². The lowest BCUT2D eigenvalue weighted by Crippen LogP contribution is -2.12. The van der Waals surface area contributed by atoms with Crippen molar-refractivity contribution in [2.75, 3.05) is 5.32 Å². The molecule has 20 heavy (non-hydrogen) atoms. The van der Waals surface area contributed by atoms with Gasteiger partial charge in [0.15, 0.2) is 0 Å². The number of hydrogen-bond donors (Lipinski definition) is 1. The highest BCUT2D eigenvalue weighted by Crippen LogP contribution is 2.15. The molecule has 3 aromatic rings. The van der Waals surface area contributed by atoms with Gasteiger partial charge >= 0.3 is 0 Å². The highest BCUT2D eigenvalue weighted by atomic mass is 16.1. The molecule has 3 rings (SSSR count). The van der Waals surface area contributed by atoms with Gasteiger partial charge in [0.2, 0.25) is 0 Å². The zero-order valence-corrected chi connectivity index (χ0v) is 11.3. The van der Waals surface area contributed by atoms with Gasteiger partial charge in [-0.05, 0) is 36.8 Å². The zero-order valence-electron chi connectivity index (χ0n) is 11.3. The molecule has 0 aliphatic rings. The standard InChI is InChI=1S/C15H14N4O/c1-10-5-6-16-14(7-10)17-15(20)11-3-4-12-9-19(2)18-13(12)8-11/h3-9H,1-2H3,(H,16,17,20). The van der Waals surface area contributed by atoms with Crippen LogP contribution in [0.1, 0.15) is 15.9 Å². The van der Waals surface area contributed by atoms with Crippen LogP contribution in [0.25, 0.3) is 10.9 Å². The summed E-state index contributed by atoms with van der Waals surface area (Å²) in [7, 11) is 1.86. The van der Waals surface area contributed by atoms with Crippen LogP contribution in [0, 0.1) is 6.92 Å². The van der Waals surface area contributed by atoms with Crippen LogP contribution >= 0.6 is 0 Å². The Bertz CT molecular complexity index is 791. The first-order valence-corrected chi connectivity index (χ1v) is 6.29. The first-order chi connectivity index (χ1) is 9.61. The number of carbonyl (C=O) groups is 1. The van der Waals surface area contributed by atoms with Crippen molar-refractivity contribution in [3.8, 4) is 0 Å². The molecule has 0 atom stereocenters. The maximum Gasteiger partial charge on any atom is 0.256 e. The lowest BCUT2D eigenvalue weighted by atomic mass is 10.1. The third kappa shape index (κ3) is 2.38. The molecule has 5 heteroatoms. The van der Waals surface area contributed by atoms with Gasteiger partial charge in [-0.15, -0.1) is 0 Å². The molecule has 100 valence electrons. The summed E-state index contributed by atoms with van der Waals surface area (Å²) in [6.45, 7) is 1.96. The zero-order chi connectivity index (χ0) is 14.1. The maximum absolute atomic E-state index is 12.2. The van der Waals surface area contributed by atoms with Crippen LogP contribution in [-0.2, 0) is 7.05 Å². The molecule has 0 bridgehead atoms. The molecule has 1 N–H and O–H groups in total. The summed E-state index contributed by atoms with van der Waals surface area (Å²) in [6.07, 6.45) is 3.59. The highest BCUT2D eigenvalue weighted by Gasteiger charge is 2.09.